The van der Waals surface area contributed by atoms with Crippen LogP contribution in [0.25, 0.3) is 0 Å². The number of hydrogen-bond acceptors (Lipinski definition) is 3. The van der Waals surface area contributed by atoms with Crippen molar-refractivity contribution in [2.24, 2.45) is 0 Å². The number of thioether (sulfide) groups is 1. The van der Waals surface area contributed by atoms with Gasteiger partial charge in [-0.2, -0.15) is 0 Å². The molecule has 2 rings (SSSR count). The molecule has 1 N–H and O–H groups in total. The Balaban J connectivity index is 2.11. The highest BCUT2D eigenvalue weighted by Crippen LogP contribution is 2.20. The molecule has 6 heteroatoms. The number of benzene rings is 2. The van der Waals surface area contributed by atoms with Crippen LogP contribution < -0.4 is 5.32 Å². The molecular weight excluding hydrogens is 424 g/mol. The molecule has 2 aromatic rings. The van der Waals surface area contributed by atoms with E-state index in [0.29, 0.717) is 18.8 Å². The van der Waals surface area contributed by atoms with Crippen LogP contribution in [0.3, 0.4) is 0 Å². The van der Waals surface area contributed by atoms with Crippen molar-refractivity contribution >= 4 is 39.5 Å². The minimum Gasteiger partial charge on any atom is -0.355 e. The molecule has 1 atom stereocenters. The molecule has 27 heavy (non-hydrogen) atoms. The molecule has 4 nitrogen and oxygen atoms in total. The summed E-state index contributed by atoms with van der Waals surface area (Å²) in [5, 5.41) is 2.81. The lowest BCUT2D eigenvalue weighted by Crippen LogP contribution is -2.48. The number of nitrogens with one attached hydrogen (secondary N) is 1. The van der Waals surface area contributed by atoms with Gasteiger partial charge in [0.05, 0.1) is 5.75 Å². The Hall–Kier alpha value is -1.79. The van der Waals surface area contributed by atoms with E-state index >= 15 is 0 Å². The van der Waals surface area contributed by atoms with Gasteiger partial charge in [0.2, 0.25) is 11.8 Å². The van der Waals surface area contributed by atoms with Gasteiger partial charge in [0.15, 0.2) is 0 Å². The van der Waals surface area contributed by atoms with E-state index < -0.39 is 6.04 Å². The lowest BCUT2D eigenvalue weighted by atomic mass is 10.1. The van der Waals surface area contributed by atoms with Gasteiger partial charge < -0.3 is 10.2 Å². The third-order valence-electron chi connectivity index (χ3n) is 4.17. The van der Waals surface area contributed by atoms with Gasteiger partial charge in [0.25, 0.3) is 0 Å². The van der Waals surface area contributed by atoms with E-state index in [1.165, 1.54) is 17.3 Å². The monoisotopic (exact) mass is 448 g/mol. The van der Waals surface area contributed by atoms with Crippen LogP contribution >= 0.6 is 27.7 Å². The average Bonchev–Trinajstić information content (AvgIpc) is 2.66. The summed E-state index contributed by atoms with van der Waals surface area (Å²) in [6, 6.07) is 15.4. The fourth-order valence-electron chi connectivity index (χ4n) is 2.55. The van der Waals surface area contributed by atoms with E-state index in [0.717, 1.165) is 14.9 Å². The maximum atomic E-state index is 12.9. The third kappa shape index (κ3) is 6.70. The number of rotatable bonds is 8. The zero-order valence-corrected chi connectivity index (χ0v) is 18.3. The molecule has 0 spiro atoms. The van der Waals surface area contributed by atoms with E-state index in [1.807, 2.05) is 62.4 Å². The average molecular weight is 449 g/mol. The van der Waals surface area contributed by atoms with E-state index in [2.05, 4.69) is 21.2 Å². The first kappa shape index (κ1) is 21.5. The van der Waals surface area contributed by atoms with Crippen LogP contribution in [0.4, 0.5) is 0 Å². The van der Waals surface area contributed by atoms with E-state index in [9.17, 15) is 9.59 Å². The number of aryl methyl sites for hydroxylation is 1. The predicted molar refractivity (Wildman–Crippen MR) is 115 cm³/mol. The molecule has 0 aliphatic rings. The highest BCUT2D eigenvalue weighted by Gasteiger charge is 2.25. The van der Waals surface area contributed by atoms with E-state index in [1.54, 1.807) is 11.8 Å². The zero-order chi connectivity index (χ0) is 19.8. The Kier molecular flexibility index (Phi) is 8.38. The second kappa shape index (κ2) is 10.5. The van der Waals surface area contributed by atoms with Crippen LogP contribution in [0.5, 0.6) is 0 Å². The van der Waals surface area contributed by atoms with Crippen LogP contribution in [0.15, 0.2) is 57.9 Å². The van der Waals surface area contributed by atoms with Gasteiger partial charge in [0.1, 0.15) is 6.04 Å². The lowest BCUT2D eigenvalue weighted by Gasteiger charge is -2.28. The predicted octanol–water partition coefficient (Wildman–Crippen LogP) is 4.40. The summed E-state index contributed by atoms with van der Waals surface area (Å²) in [6.07, 6.45) is 0. The topological polar surface area (TPSA) is 49.4 Å². The van der Waals surface area contributed by atoms with Gasteiger partial charge in [-0.3, -0.25) is 9.59 Å². The molecule has 0 radical (unpaired) electrons. The van der Waals surface area contributed by atoms with Gasteiger partial charge in [-0.1, -0.05) is 45.8 Å². The number of amides is 2. The summed E-state index contributed by atoms with van der Waals surface area (Å²) in [5.41, 5.74) is 2.18. The van der Waals surface area contributed by atoms with Crippen molar-refractivity contribution in [1.29, 1.82) is 0 Å². The molecule has 0 saturated heterocycles. The molecule has 144 valence electrons. The Morgan fingerprint density at radius 2 is 1.74 bits per heavy atom. The Morgan fingerprint density at radius 1 is 1.11 bits per heavy atom. The van der Waals surface area contributed by atoms with Gasteiger partial charge in [-0.05, 0) is 50.6 Å². The van der Waals surface area contributed by atoms with Gasteiger partial charge in [-0.25, -0.2) is 0 Å². The summed E-state index contributed by atoms with van der Waals surface area (Å²) >= 11 is 4.91. The van der Waals surface area contributed by atoms with Crippen molar-refractivity contribution < 1.29 is 9.59 Å². The Bertz CT molecular complexity index is 763. The minimum atomic E-state index is -0.528. The second-order valence-electron chi connectivity index (χ2n) is 6.32. The first-order chi connectivity index (χ1) is 12.9. The molecule has 0 aromatic heterocycles. The van der Waals surface area contributed by atoms with Crippen LogP contribution in [0.1, 0.15) is 25.0 Å². The maximum Gasteiger partial charge on any atom is 0.242 e. The maximum absolute atomic E-state index is 12.9. The van der Waals surface area contributed by atoms with Crippen molar-refractivity contribution in [2.75, 3.05) is 12.3 Å². The van der Waals surface area contributed by atoms with Crippen molar-refractivity contribution in [1.82, 2.24) is 10.2 Å². The Morgan fingerprint density at radius 3 is 2.33 bits per heavy atom. The second-order valence-corrected chi connectivity index (χ2v) is 8.28. The SMILES string of the molecule is CCNC(=O)[C@H](C)N(Cc1ccc(Br)cc1)C(=O)CSc1ccc(C)cc1. The first-order valence-corrected chi connectivity index (χ1v) is 10.7. The van der Waals surface area contributed by atoms with Crippen molar-refractivity contribution in [3.05, 3.63) is 64.1 Å². The molecule has 0 fully saturated rings. The Labute approximate surface area is 173 Å². The summed E-state index contributed by atoms with van der Waals surface area (Å²) in [7, 11) is 0. The number of hydrogen-bond donors (Lipinski definition) is 1. The molecule has 0 aliphatic heterocycles. The summed E-state index contributed by atoms with van der Waals surface area (Å²) in [4.78, 5) is 27.9. The number of nitrogens with zero attached hydrogens (tertiary/aromatic N) is 1. The summed E-state index contributed by atoms with van der Waals surface area (Å²) < 4.78 is 0.982. The standard InChI is InChI=1S/C21H25BrN2O2S/c1-4-23-21(26)16(3)24(13-17-7-9-18(22)10-8-17)20(25)14-27-19-11-5-15(2)6-12-19/h5-12,16H,4,13-14H2,1-3H3,(H,23,26)/t16-/m0/s1. The molecular formula is C21H25BrN2O2S. The quantitative estimate of drug-likeness (QED) is 0.608. The van der Waals surface area contributed by atoms with Crippen molar-refractivity contribution in [2.45, 2.75) is 38.3 Å². The van der Waals surface area contributed by atoms with Gasteiger partial charge in [-0.15, -0.1) is 11.8 Å². The van der Waals surface area contributed by atoms with Crippen LogP contribution in [0.2, 0.25) is 0 Å². The van der Waals surface area contributed by atoms with E-state index in [-0.39, 0.29) is 11.8 Å². The number of carbonyl (C=O) groups excluding carboxylic acids is 2. The summed E-state index contributed by atoms with van der Waals surface area (Å²) in [6.45, 7) is 6.63. The molecule has 0 saturated carbocycles. The molecule has 2 amide bonds. The largest absolute Gasteiger partial charge is 0.355 e. The van der Waals surface area contributed by atoms with Crippen LogP contribution in [-0.4, -0.2) is 35.1 Å². The van der Waals surface area contributed by atoms with Gasteiger partial charge >= 0.3 is 0 Å². The van der Waals surface area contributed by atoms with Crippen molar-refractivity contribution in [3.8, 4) is 0 Å². The van der Waals surface area contributed by atoms with E-state index in [4.69, 9.17) is 0 Å². The van der Waals surface area contributed by atoms with Crippen LogP contribution in [-0.2, 0) is 16.1 Å². The molecule has 0 bridgehead atoms. The third-order valence-corrected chi connectivity index (χ3v) is 5.69. The highest BCUT2D eigenvalue weighted by molar-refractivity contribution is 9.10. The molecule has 0 heterocycles. The smallest absolute Gasteiger partial charge is 0.242 e. The molecule has 0 aliphatic carbocycles. The zero-order valence-electron chi connectivity index (χ0n) is 15.9. The first-order valence-electron chi connectivity index (χ1n) is 8.91. The number of likely N-dealkylation sites (N-methyl/N-ethyl adjacent to an activating group) is 1. The normalized spacial score (nSPS) is 11.7. The lowest BCUT2D eigenvalue weighted by molar-refractivity contribution is -0.138. The summed E-state index contributed by atoms with van der Waals surface area (Å²) in [5.74, 6) is 0.106. The minimum absolute atomic E-state index is 0.0535. The van der Waals surface area contributed by atoms with Crippen molar-refractivity contribution in [3.63, 3.8) is 0 Å². The van der Waals surface area contributed by atoms with Gasteiger partial charge in [0, 0.05) is 22.5 Å². The fraction of sp³-hybridized carbons (Fsp3) is 0.333. The fourth-order valence-corrected chi connectivity index (χ4v) is 3.60. The highest BCUT2D eigenvalue weighted by atomic mass is 79.9. The number of carbonyl (C=O) groups is 2. The number of halogens is 1. The van der Waals surface area contributed by atoms with Crippen LogP contribution in [0, 0.1) is 6.92 Å². The molecule has 2 aromatic carbocycles. The molecule has 0 unspecified atom stereocenters.